The first-order valence-electron chi connectivity index (χ1n) is 13.4. The molecular weight excluding hydrogens is 414 g/mol. The number of aryl methyl sites for hydroxylation is 1. The van der Waals surface area contributed by atoms with Gasteiger partial charge in [-0.2, -0.15) is 0 Å². The zero-order valence-corrected chi connectivity index (χ0v) is 22.5. The SMILES string of the molecule is C#C.C/C=C\C(=C/C)c1[nH]c2ccc(C3CCN(C4CCN(CC)CC4)CC3)cc2c1C.CC. The van der Waals surface area contributed by atoms with Gasteiger partial charge in [0.05, 0.1) is 0 Å². The first-order valence-corrected chi connectivity index (χ1v) is 13.4. The van der Waals surface area contributed by atoms with E-state index in [-0.39, 0.29) is 0 Å². The molecule has 3 heteroatoms. The molecule has 0 aliphatic carbocycles. The predicted octanol–water partition coefficient (Wildman–Crippen LogP) is 7.40. The first-order chi connectivity index (χ1) is 16.6. The maximum atomic E-state index is 4.00. The highest BCUT2D eigenvalue weighted by atomic mass is 15.2. The lowest BCUT2D eigenvalue weighted by molar-refractivity contribution is 0.0895. The van der Waals surface area contributed by atoms with Crippen molar-refractivity contribution < 1.29 is 0 Å². The molecule has 2 fully saturated rings. The number of fused-ring (bicyclic) bond motifs is 1. The zero-order chi connectivity index (χ0) is 25.1. The molecule has 0 atom stereocenters. The largest absolute Gasteiger partial charge is 0.354 e. The van der Waals surface area contributed by atoms with Gasteiger partial charge in [0.1, 0.15) is 0 Å². The van der Waals surface area contributed by atoms with Crippen LogP contribution in [-0.4, -0.2) is 53.5 Å². The predicted molar refractivity (Wildman–Crippen MR) is 151 cm³/mol. The third kappa shape index (κ3) is 6.44. The number of aromatic nitrogens is 1. The van der Waals surface area contributed by atoms with Crippen LogP contribution in [0.2, 0.25) is 0 Å². The van der Waals surface area contributed by atoms with Crippen LogP contribution in [0.3, 0.4) is 0 Å². The summed E-state index contributed by atoms with van der Waals surface area (Å²) in [5.74, 6) is 0.704. The Morgan fingerprint density at radius 3 is 2.24 bits per heavy atom. The Morgan fingerprint density at radius 1 is 1.03 bits per heavy atom. The van der Waals surface area contributed by atoms with Gasteiger partial charge < -0.3 is 14.8 Å². The molecule has 2 saturated heterocycles. The van der Waals surface area contributed by atoms with Gasteiger partial charge in [0.25, 0.3) is 0 Å². The van der Waals surface area contributed by atoms with Gasteiger partial charge in [-0.1, -0.05) is 45.1 Å². The quantitative estimate of drug-likeness (QED) is 0.370. The Balaban J connectivity index is 0.000000970. The lowest BCUT2D eigenvalue weighted by Crippen LogP contribution is -2.47. The molecule has 2 aliphatic heterocycles. The highest BCUT2D eigenvalue weighted by Gasteiger charge is 2.28. The van der Waals surface area contributed by atoms with Crippen LogP contribution in [0, 0.1) is 19.8 Å². The fourth-order valence-corrected chi connectivity index (χ4v) is 5.59. The van der Waals surface area contributed by atoms with E-state index in [9.17, 15) is 0 Å². The molecule has 3 heterocycles. The molecule has 34 heavy (non-hydrogen) atoms. The van der Waals surface area contributed by atoms with Crippen LogP contribution >= 0.6 is 0 Å². The number of H-pyrrole nitrogens is 1. The number of benzene rings is 1. The number of likely N-dealkylation sites (tertiary alicyclic amines) is 2. The molecule has 3 nitrogen and oxygen atoms in total. The molecule has 0 unspecified atom stereocenters. The maximum Gasteiger partial charge on any atom is 0.0491 e. The Hall–Kier alpha value is -2.28. The summed E-state index contributed by atoms with van der Waals surface area (Å²) >= 11 is 0. The molecule has 2 aliphatic rings. The summed E-state index contributed by atoms with van der Waals surface area (Å²) < 4.78 is 0. The minimum absolute atomic E-state index is 0.704. The van der Waals surface area contributed by atoms with Gasteiger partial charge in [-0.3, -0.25) is 0 Å². The number of hydrogen-bond donors (Lipinski definition) is 1. The Morgan fingerprint density at radius 2 is 1.68 bits per heavy atom. The van der Waals surface area contributed by atoms with Crippen LogP contribution in [-0.2, 0) is 0 Å². The van der Waals surface area contributed by atoms with E-state index in [0.717, 1.165) is 6.04 Å². The summed E-state index contributed by atoms with van der Waals surface area (Å²) in [6, 6.07) is 7.95. The van der Waals surface area contributed by atoms with Crippen LogP contribution in [0.5, 0.6) is 0 Å². The van der Waals surface area contributed by atoms with Crippen molar-refractivity contribution in [3.8, 4) is 12.8 Å². The second-order valence-electron chi connectivity index (χ2n) is 9.15. The van der Waals surface area contributed by atoms with E-state index in [4.69, 9.17) is 0 Å². The fourth-order valence-electron chi connectivity index (χ4n) is 5.59. The molecule has 2 aromatic rings. The topological polar surface area (TPSA) is 22.3 Å². The van der Waals surface area contributed by atoms with Gasteiger partial charge in [-0.15, -0.1) is 12.8 Å². The Kier molecular flexibility index (Phi) is 11.7. The molecule has 0 amide bonds. The number of aromatic amines is 1. The minimum Gasteiger partial charge on any atom is -0.354 e. The van der Waals surface area contributed by atoms with Crippen LogP contribution in [0.4, 0.5) is 0 Å². The molecule has 4 rings (SSSR count). The van der Waals surface area contributed by atoms with Crippen molar-refractivity contribution in [1.82, 2.24) is 14.8 Å². The summed E-state index contributed by atoms with van der Waals surface area (Å²) in [7, 11) is 0. The molecule has 0 spiro atoms. The molecular formula is C31H47N3. The van der Waals surface area contributed by atoms with E-state index in [1.807, 2.05) is 13.8 Å². The molecule has 1 aromatic carbocycles. The number of hydrogen-bond acceptors (Lipinski definition) is 2. The van der Waals surface area contributed by atoms with Gasteiger partial charge in [0.2, 0.25) is 0 Å². The van der Waals surface area contributed by atoms with Gasteiger partial charge >= 0.3 is 0 Å². The van der Waals surface area contributed by atoms with Crippen LogP contribution in [0.25, 0.3) is 16.5 Å². The lowest BCUT2D eigenvalue weighted by Gasteiger charge is -2.41. The average Bonchev–Trinajstić information content (AvgIpc) is 3.25. The van der Waals surface area contributed by atoms with Crippen molar-refractivity contribution in [2.24, 2.45) is 0 Å². The van der Waals surface area contributed by atoms with Crippen LogP contribution in [0.15, 0.2) is 36.4 Å². The number of nitrogens with one attached hydrogen (secondary N) is 1. The maximum absolute atomic E-state index is 4.00. The molecule has 0 radical (unpaired) electrons. The van der Waals surface area contributed by atoms with Crippen molar-refractivity contribution in [1.29, 1.82) is 0 Å². The highest BCUT2D eigenvalue weighted by Crippen LogP contribution is 2.34. The molecule has 1 N–H and O–H groups in total. The van der Waals surface area contributed by atoms with Gasteiger partial charge in [0, 0.05) is 22.6 Å². The summed E-state index contributed by atoms with van der Waals surface area (Å²) in [6.45, 7) is 19.1. The summed E-state index contributed by atoms with van der Waals surface area (Å²) in [5, 5.41) is 1.39. The van der Waals surface area contributed by atoms with E-state index in [0.29, 0.717) is 5.92 Å². The molecule has 186 valence electrons. The first kappa shape index (κ1) is 28.0. The highest BCUT2D eigenvalue weighted by molar-refractivity contribution is 5.91. The normalized spacial score (nSPS) is 19.0. The van der Waals surface area contributed by atoms with Gasteiger partial charge in [-0.05, 0) is 114 Å². The zero-order valence-electron chi connectivity index (χ0n) is 22.5. The smallest absolute Gasteiger partial charge is 0.0491 e. The van der Waals surface area contributed by atoms with Crippen molar-refractivity contribution in [2.75, 3.05) is 32.7 Å². The standard InChI is InChI=1S/C27H39N3.C2H6.C2H2/c1-5-8-21(6-2)27-20(4)25-19-23(9-10-26(25)28-27)22-11-17-30(18-12-22)24-13-15-29(7-3)16-14-24;2*1-2/h5-6,8-10,19,22,24,28H,7,11-18H2,1-4H3;1-2H3;1-2H/b8-5-,21-6+;;. The van der Waals surface area contributed by atoms with Gasteiger partial charge in [-0.25, -0.2) is 0 Å². The third-order valence-corrected chi connectivity index (χ3v) is 7.55. The Labute approximate surface area is 209 Å². The average molecular weight is 462 g/mol. The van der Waals surface area contributed by atoms with Crippen LogP contribution in [0.1, 0.15) is 83.0 Å². The van der Waals surface area contributed by atoms with E-state index < -0.39 is 0 Å². The minimum atomic E-state index is 0.704. The Bertz CT molecular complexity index is 946. The van der Waals surface area contributed by atoms with E-state index in [1.165, 1.54) is 91.7 Å². The van der Waals surface area contributed by atoms with E-state index in [2.05, 4.69) is 91.8 Å². The number of piperidine rings is 2. The number of nitrogens with zero attached hydrogens (tertiary/aromatic N) is 2. The van der Waals surface area contributed by atoms with E-state index >= 15 is 0 Å². The monoisotopic (exact) mass is 461 g/mol. The number of allylic oxidation sites excluding steroid dienone is 4. The van der Waals surface area contributed by atoms with Crippen molar-refractivity contribution in [3.05, 3.63) is 53.2 Å². The van der Waals surface area contributed by atoms with Crippen molar-refractivity contribution in [3.63, 3.8) is 0 Å². The third-order valence-electron chi connectivity index (χ3n) is 7.55. The molecule has 1 aromatic heterocycles. The lowest BCUT2D eigenvalue weighted by atomic mass is 9.87. The summed E-state index contributed by atoms with van der Waals surface area (Å²) in [6.07, 6.45) is 19.8. The second-order valence-corrected chi connectivity index (χ2v) is 9.15. The van der Waals surface area contributed by atoms with Crippen molar-refractivity contribution >= 4 is 16.5 Å². The van der Waals surface area contributed by atoms with Crippen LogP contribution < -0.4 is 0 Å². The van der Waals surface area contributed by atoms with Crippen molar-refractivity contribution in [2.45, 2.75) is 79.2 Å². The fraction of sp³-hybridized carbons (Fsp3) is 0.548. The van der Waals surface area contributed by atoms with E-state index in [1.54, 1.807) is 0 Å². The number of rotatable bonds is 5. The number of terminal acetylenes is 1. The second kappa shape index (κ2) is 14.2. The molecule has 0 bridgehead atoms. The summed E-state index contributed by atoms with van der Waals surface area (Å²) in [4.78, 5) is 9.04. The van der Waals surface area contributed by atoms with Gasteiger partial charge in [0.15, 0.2) is 0 Å². The summed E-state index contributed by atoms with van der Waals surface area (Å²) in [5.41, 5.74) is 6.70. The molecule has 0 saturated carbocycles.